The molecule has 0 saturated carbocycles. The number of aromatic nitrogens is 2. The second-order valence-electron chi connectivity index (χ2n) is 4.55. The largest absolute Gasteiger partial charge is 0.497 e. The topological polar surface area (TPSA) is 65.4 Å². The van der Waals surface area contributed by atoms with Crippen molar-refractivity contribution in [3.63, 3.8) is 0 Å². The van der Waals surface area contributed by atoms with Gasteiger partial charge in [-0.3, -0.25) is 4.79 Å². The number of nitrogens with one attached hydrogen (secondary N) is 1. The second-order valence-corrected chi connectivity index (χ2v) is 4.55. The molecule has 0 spiro atoms. The summed E-state index contributed by atoms with van der Waals surface area (Å²) < 4.78 is 12.1. The Labute approximate surface area is 123 Å². The van der Waals surface area contributed by atoms with Crippen molar-refractivity contribution in [1.29, 1.82) is 0 Å². The van der Waals surface area contributed by atoms with E-state index in [9.17, 15) is 4.79 Å². The summed E-state index contributed by atoms with van der Waals surface area (Å²) in [5, 5.41) is 7.08. The van der Waals surface area contributed by atoms with Gasteiger partial charge in [0.05, 0.1) is 20.4 Å². The van der Waals surface area contributed by atoms with Crippen LogP contribution in [0.4, 0.5) is 5.82 Å². The molecule has 0 aliphatic heterocycles. The first kappa shape index (κ1) is 14.9. The average Bonchev–Trinajstić information content (AvgIpc) is 2.86. The molecule has 112 valence electrons. The van der Waals surface area contributed by atoms with Crippen molar-refractivity contribution >= 4 is 11.7 Å². The standard InChI is InChI=1S/C15H19N3O3/c1-5-18-14(10(2)9-16-18)17-15(19)11-6-12(20-3)8-13(7-11)21-4/h6-9H,5H2,1-4H3,(H,17,19). The van der Waals surface area contributed by atoms with Gasteiger partial charge in [-0.2, -0.15) is 5.10 Å². The van der Waals surface area contributed by atoms with E-state index in [0.717, 1.165) is 5.56 Å². The van der Waals surface area contributed by atoms with Crippen molar-refractivity contribution in [1.82, 2.24) is 9.78 Å². The van der Waals surface area contributed by atoms with E-state index in [0.29, 0.717) is 29.4 Å². The Morgan fingerprint density at radius 2 is 1.86 bits per heavy atom. The highest BCUT2D eigenvalue weighted by Crippen LogP contribution is 2.23. The van der Waals surface area contributed by atoms with Gasteiger partial charge in [-0.1, -0.05) is 0 Å². The highest BCUT2D eigenvalue weighted by atomic mass is 16.5. The van der Waals surface area contributed by atoms with Crippen LogP contribution >= 0.6 is 0 Å². The molecule has 6 heteroatoms. The molecule has 1 aromatic heterocycles. The van der Waals surface area contributed by atoms with Gasteiger partial charge in [0, 0.05) is 23.7 Å². The van der Waals surface area contributed by atoms with E-state index in [4.69, 9.17) is 9.47 Å². The number of benzene rings is 1. The summed E-state index contributed by atoms with van der Waals surface area (Å²) >= 11 is 0. The molecule has 1 N–H and O–H groups in total. The van der Waals surface area contributed by atoms with E-state index in [-0.39, 0.29) is 5.91 Å². The van der Waals surface area contributed by atoms with Gasteiger partial charge in [-0.05, 0) is 26.0 Å². The Hall–Kier alpha value is -2.50. The maximum atomic E-state index is 12.4. The lowest BCUT2D eigenvalue weighted by Crippen LogP contribution is -2.16. The molecule has 0 aliphatic rings. The number of amides is 1. The summed E-state index contributed by atoms with van der Waals surface area (Å²) in [5.74, 6) is 1.61. The van der Waals surface area contributed by atoms with Gasteiger partial charge in [0.15, 0.2) is 0 Å². The average molecular weight is 289 g/mol. The molecule has 0 fully saturated rings. The predicted octanol–water partition coefficient (Wildman–Crippen LogP) is 2.48. The molecule has 0 radical (unpaired) electrons. The zero-order valence-electron chi connectivity index (χ0n) is 12.6. The quantitative estimate of drug-likeness (QED) is 0.918. The molecule has 0 bridgehead atoms. The number of nitrogens with zero attached hydrogens (tertiary/aromatic N) is 2. The summed E-state index contributed by atoms with van der Waals surface area (Å²) in [5.41, 5.74) is 1.38. The van der Waals surface area contributed by atoms with Gasteiger partial charge >= 0.3 is 0 Å². The molecule has 6 nitrogen and oxygen atoms in total. The van der Waals surface area contributed by atoms with Gasteiger partial charge in [-0.25, -0.2) is 4.68 Å². The van der Waals surface area contributed by atoms with Crippen molar-refractivity contribution in [3.8, 4) is 11.5 Å². The van der Waals surface area contributed by atoms with E-state index in [1.807, 2.05) is 13.8 Å². The zero-order valence-corrected chi connectivity index (χ0v) is 12.6. The molecule has 0 saturated heterocycles. The molecule has 2 rings (SSSR count). The Morgan fingerprint density at radius 3 is 2.38 bits per heavy atom. The summed E-state index contributed by atoms with van der Waals surface area (Å²) in [6, 6.07) is 5.05. The Kier molecular flexibility index (Phi) is 4.47. The fraction of sp³-hybridized carbons (Fsp3) is 0.333. The van der Waals surface area contributed by atoms with E-state index < -0.39 is 0 Å². The van der Waals surface area contributed by atoms with Gasteiger partial charge in [-0.15, -0.1) is 0 Å². The lowest BCUT2D eigenvalue weighted by atomic mass is 10.2. The third-order valence-corrected chi connectivity index (χ3v) is 3.17. The minimum atomic E-state index is -0.231. The number of methoxy groups -OCH3 is 2. The van der Waals surface area contributed by atoms with Crippen LogP contribution in [0.3, 0.4) is 0 Å². The molecular formula is C15H19N3O3. The maximum Gasteiger partial charge on any atom is 0.257 e. The first-order valence-electron chi connectivity index (χ1n) is 6.65. The number of hydrogen-bond donors (Lipinski definition) is 1. The van der Waals surface area contributed by atoms with Crippen LogP contribution in [0, 0.1) is 6.92 Å². The number of hydrogen-bond acceptors (Lipinski definition) is 4. The second kappa shape index (κ2) is 6.30. The summed E-state index contributed by atoms with van der Waals surface area (Å²) in [6.45, 7) is 4.56. The smallest absolute Gasteiger partial charge is 0.257 e. The minimum absolute atomic E-state index is 0.231. The fourth-order valence-electron chi connectivity index (χ4n) is 2.00. The van der Waals surface area contributed by atoms with Crippen LogP contribution in [0.1, 0.15) is 22.8 Å². The molecule has 1 amide bonds. The van der Waals surface area contributed by atoms with Crippen LogP contribution in [-0.4, -0.2) is 29.9 Å². The number of carbonyl (C=O) groups is 1. The molecule has 1 aromatic carbocycles. The van der Waals surface area contributed by atoms with Crippen molar-refractivity contribution in [3.05, 3.63) is 35.5 Å². The minimum Gasteiger partial charge on any atom is -0.497 e. The van der Waals surface area contributed by atoms with Crippen LogP contribution in [0.5, 0.6) is 11.5 Å². The summed E-state index contributed by atoms with van der Waals surface area (Å²) in [7, 11) is 3.10. The fourth-order valence-corrected chi connectivity index (χ4v) is 2.00. The van der Waals surface area contributed by atoms with Crippen molar-refractivity contribution in [2.75, 3.05) is 19.5 Å². The maximum absolute atomic E-state index is 12.4. The third-order valence-electron chi connectivity index (χ3n) is 3.17. The van der Waals surface area contributed by atoms with Gasteiger partial charge in [0.25, 0.3) is 5.91 Å². The first-order chi connectivity index (χ1) is 10.1. The van der Waals surface area contributed by atoms with Crippen molar-refractivity contribution < 1.29 is 14.3 Å². The van der Waals surface area contributed by atoms with Gasteiger partial charge in [0.2, 0.25) is 0 Å². The van der Waals surface area contributed by atoms with E-state index >= 15 is 0 Å². The molecule has 21 heavy (non-hydrogen) atoms. The van der Waals surface area contributed by atoms with Gasteiger partial charge < -0.3 is 14.8 Å². The molecule has 0 unspecified atom stereocenters. The van der Waals surface area contributed by atoms with E-state index in [1.54, 1.807) is 43.3 Å². The van der Waals surface area contributed by atoms with Crippen LogP contribution in [0.15, 0.2) is 24.4 Å². The van der Waals surface area contributed by atoms with Crippen LogP contribution in [0.25, 0.3) is 0 Å². The first-order valence-corrected chi connectivity index (χ1v) is 6.65. The van der Waals surface area contributed by atoms with Crippen molar-refractivity contribution in [2.24, 2.45) is 0 Å². The number of rotatable bonds is 5. The predicted molar refractivity (Wildman–Crippen MR) is 80.1 cm³/mol. The number of anilines is 1. The Morgan fingerprint density at radius 1 is 1.24 bits per heavy atom. The molecule has 1 heterocycles. The van der Waals surface area contributed by atoms with E-state index in [2.05, 4.69) is 10.4 Å². The third kappa shape index (κ3) is 3.16. The van der Waals surface area contributed by atoms with Gasteiger partial charge in [0.1, 0.15) is 17.3 Å². The Bertz CT molecular complexity index is 627. The SMILES string of the molecule is CCn1ncc(C)c1NC(=O)c1cc(OC)cc(OC)c1. The molecule has 2 aromatic rings. The summed E-state index contributed by atoms with van der Waals surface area (Å²) in [4.78, 5) is 12.4. The number of carbonyl (C=O) groups excluding carboxylic acids is 1. The normalized spacial score (nSPS) is 10.3. The number of aryl methyl sites for hydroxylation is 2. The lowest BCUT2D eigenvalue weighted by Gasteiger charge is -2.11. The molecular weight excluding hydrogens is 270 g/mol. The van der Waals surface area contributed by atoms with Crippen molar-refractivity contribution in [2.45, 2.75) is 20.4 Å². The van der Waals surface area contributed by atoms with Crippen LogP contribution in [-0.2, 0) is 6.54 Å². The molecule has 0 atom stereocenters. The number of ether oxygens (including phenoxy) is 2. The zero-order chi connectivity index (χ0) is 15.4. The van der Waals surface area contributed by atoms with Crippen LogP contribution < -0.4 is 14.8 Å². The highest BCUT2D eigenvalue weighted by Gasteiger charge is 2.14. The van der Waals surface area contributed by atoms with E-state index in [1.165, 1.54) is 0 Å². The lowest BCUT2D eigenvalue weighted by molar-refractivity contribution is 0.102. The summed E-state index contributed by atoms with van der Waals surface area (Å²) in [6.07, 6.45) is 1.73. The molecule has 0 aliphatic carbocycles. The highest BCUT2D eigenvalue weighted by molar-refractivity contribution is 6.04. The Balaban J connectivity index is 2.29. The monoisotopic (exact) mass is 289 g/mol. The van der Waals surface area contributed by atoms with Crippen LogP contribution in [0.2, 0.25) is 0 Å².